The van der Waals surface area contributed by atoms with Crippen LogP contribution in [-0.4, -0.2) is 0 Å². The van der Waals surface area contributed by atoms with Crippen LogP contribution in [0.5, 0.6) is 0 Å². The molecule has 0 bridgehead atoms. The SMILES string of the molecule is Cc1ccc(Sc2ccc(C)c(-c3cc(Sc4cccc(C)c4)ccc3C)c2)cc1. The number of hydrogen-bond donors (Lipinski definition) is 0. The summed E-state index contributed by atoms with van der Waals surface area (Å²) in [5.74, 6) is 0. The Labute approximate surface area is 188 Å². The van der Waals surface area contributed by atoms with Crippen LogP contribution < -0.4 is 0 Å². The van der Waals surface area contributed by atoms with Crippen LogP contribution in [-0.2, 0) is 0 Å². The second-order valence-electron chi connectivity index (χ2n) is 7.79. The summed E-state index contributed by atoms with van der Waals surface area (Å²) in [6.45, 7) is 8.68. The highest BCUT2D eigenvalue weighted by atomic mass is 32.2. The molecule has 150 valence electrons. The van der Waals surface area contributed by atoms with E-state index in [0.29, 0.717) is 0 Å². The van der Waals surface area contributed by atoms with Crippen molar-refractivity contribution in [2.75, 3.05) is 0 Å². The van der Waals surface area contributed by atoms with Gasteiger partial charge in [0, 0.05) is 19.6 Å². The highest BCUT2D eigenvalue weighted by Gasteiger charge is 2.10. The zero-order valence-corrected chi connectivity index (χ0v) is 19.5. The molecule has 0 spiro atoms. The van der Waals surface area contributed by atoms with Crippen molar-refractivity contribution in [3.63, 3.8) is 0 Å². The number of hydrogen-bond acceptors (Lipinski definition) is 2. The van der Waals surface area contributed by atoms with E-state index in [1.54, 1.807) is 0 Å². The first-order valence-electron chi connectivity index (χ1n) is 10.2. The van der Waals surface area contributed by atoms with Gasteiger partial charge in [0.15, 0.2) is 0 Å². The van der Waals surface area contributed by atoms with Crippen molar-refractivity contribution in [1.29, 1.82) is 0 Å². The molecule has 0 atom stereocenters. The fourth-order valence-corrected chi connectivity index (χ4v) is 5.30. The van der Waals surface area contributed by atoms with Crippen molar-refractivity contribution < 1.29 is 0 Å². The maximum absolute atomic E-state index is 2.34. The average Bonchev–Trinajstić information content (AvgIpc) is 2.73. The molecule has 4 aromatic carbocycles. The minimum Gasteiger partial charge on any atom is -0.0901 e. The van der Waals surface area contributed by atoms with Gasteiger partial charge < -0.3 is 0 Å². The highest BCUT2D eigenvalue weighted by molar-refractivity contribution is 7.99. The van der Waals surface area contributed by atoms with Crippen molar-refractivity contribution in [3.05, 3.63) is 107 Å². The summed E-state index contributed by atoms with van der Waals surface area (Å²) in [5.41, 5.74) is 7.84. The third kappa shape index (κ3) is 5.00. The molecule has 0 aliphatic carbocycles. The zero-order chi connectivity index (χ0) is 21.1. The molecule has 0 aliphatic rings. The fourth-order valence-electron chi connectivity index (χ4n) is 3.47. The van der Waals surface area contributed by atoms with Gasteiger partial charge in [-0.3, -0.25) is 0 Å². The second-order valence-corrected chi connectivity index (χ2v) is 10.1. The maximum Gasteiger partial charge on any atom is 0.0128 e. The molecule has 0 N–H and O–H groups in total. The Hall–Kier alpha value is -2.42. The minimum absolute atomic E-state index is 1.27. The molecule has 4 aromatic rings. The van der Waals surface area contributed by atoms with Crippen LogP contribution in [0.1, 0.15) is 22.3 Å². The van der Waals surface area contributed by atoms with E-state index >= 15 is 0 Å². The summed E-state index contributed by atoms with van der Waals surface area (Å²) in [6.07, 6.45) is 0. The molecule has 0 heterocycles. The molecule has 30 heavy (non-hydrogen) atoms. The first-order chi connectivity index (χ1) is 14.5. The Balaban J connectivity index is 1.66. The standard InChI is InChI=1S/C28H26S2/c1-19-8-12-23(13-9-19)29-25-14-10-21(3)27(17-25)28-18-26(15-11-22(28)4)30-24-7-5-6-20(2)16-24/h5-18H,1-4H3. The van der Waals surface area contributed by atoms with E-state index in [1.165, 1.54) is 53.0 Å². The van der Waals surface area contributed by atoms with Gasteiger partial charge in [-0.05, 0) is 98.5 Å². The van der Waals surface area contributed by atoms with E-state index in [1.807, 2.05) is 23.5 Å². The van der Waals surface area contributed by atoms with E-state index in [2.05, 4.69) is 113 Å². The zero-order valence-electron chi connectivity index (χ0n) is 17.9. The van der Waals surface area contributed by atoms with Crippen LogP contribution in [0.4, 0.5) is 0 Å². The monoisotopic (exact) mass is 426 g/mol. The molecule has 0 amide bonds. The van der Waals surface area contributed by atoms with Gasteiger partial charge in [-0.15, -0.1) is 0 Å². The second kappa shape index (κ2) is 9.16. The Morgan fingerprint density at radius 2 is 0.933 bits per heavy atom. The molecule has 0 radical (unpaired) electrons. The predicted octanol–water partition coefficient (Wildman–Crippen LogP) is 8.89. The van der Waals surface area contributed by atoms with E-state index in [-0.39, 0.29) is 0 Å². The van der Waals surface area contributed by atoms with Gasteiger partial charge in [0.1, 0.15) is 0 Å². The number of rotatable bonds is 5. The third-order valence-electron chi connectivity index (χ3n) is 5.19. The summed E-state index contributed by atoms with van der Waals surface area (Å²) in [6, 6.07) is 31.1. The molecule has 0 nitrogen and oxygen atoms in total. The van der Waals surface area contributed by atoms with Gasteiger partial charge in [0.05, 0.1) is 0 Å². The fraction of sp³-hybridized carbons (Fsp3) is 0.143. The third-order valence-corrected chi connectivity index (χ3v) is 7.17. The van der Waals surface area contributed by atoms with E-state index in [4.69, 9.17) is 0 Å². The molecular weight excluding hydrogens is 400 g/mol. The number of benzene rings is 4. The maximum atomic E-state index is 2.34. The quantitative estimate of drug-likeness (QED) is 0.312. The van der Waals surface area contributed by atoms with Crippen LogP contribution in [0.25, 0.3) is 11.1 Å². The van der Waals surface area contributed by atoms with Gasteiger partial charge in [-0.25, -0.2) is 0 Å². The molecule has 4 rings (SSSR count). The van der Waals surface area contributed by atoms with Crippen molar-refractivity contribution >= 4 is 23.5 Å². The lowest BCUT2D eigenvalue weighted by molar-refractivity contribution is 1.31. The van der Waals surface area contributed by atoms with Crippen molar-refractivity contribution in [2.45, 2.75) is 47.3 Å². The molecule has 0 fully saturated rings. The van der Waals surface area contributed by atoms with E-state index in [9.17, 15) is 0 Å². The Morgan fingerprint density at radius 1 is 0.433 bits per heavy atom. The summed E-state index contributed by atoms with van der Waals surface area (Å²) in [7, 11) is 0. The van der Waals surface area contributed by atoms with Gasteiger partial charge in [0.2, 0.25) is 0 Å². The molecular formula is C28H26S2. The molecule has 0 aliphatic heterocycles. The van der Waals surface area contributed by atoms with Gasteiger partial charge >= 0.3 is 0 Å². The summed E-state index contributed by atoms with van der Waals surface area (Å²) < 4.78 is 0. The molecule has 0 saturated heterocycles. The summed E-state index contributed by atoms with van der Waals surface area (Å²) in [5, 5.41) is 0. The molecule has 2 heteroatoms. The van der Waals surface area contributed by atoms with Gasteiger partial charge in [0.25, 0.3) is 0 Å². The molecule has 0 aromatic heterocycles. The van der Waals surface area contributed by atoms with Crippen LogP contribution >= 0.6 is 23.5 Å². The van der Waals surface area contributed by atoms with Gasteiger partial charge in [-0.1, -0.05) is 71.0 Å². The summed E-state index contributed by atoms with van der Waals surface area (Å²) >= 11 is 3.65. The van der Waals surface area contributed by atoms with E-state index in [0.717, 1.165) is 0 Å². The number of aryl methyl sites for hydroxylation is 4. The normalized spacial score (nSPS) is 10.9. The Bertz CT molecular complexity index is 1170. The molecule has 0 saturated carbocycles. The van der Waals surface area contributed by atoms with Crippen LogP contribution in [0.15, 0.2) is 105 Å². The average molecular weight is 427 g/mol. The lowest BCUT2D eigenvalue weighted by atomic mass is 9.97. The van der Waals surface area contributed by atoms with Gasteiger partial charge in [-0.2, -0.15) is 0 Å². The largest absolute Gasteiger partial charge is 0.0901 e. The van der Waals surface area contributed by atoms with Crippen molar-refractivity contribution in [3.8, 4) is 11.1 Å². The Morgan fingerprint density at radius 3 is 1.50 bits per heavy atom. The first-order valence-corrected chi connectivity index (χ1v) is 11.8. The minimum atomic E-state index is 1.27. The van der Waals surface area contributed by atoms with Crippen LogP contribution in [0, 0.1) is 27.7 Å². The first kappa shape index (κ1) is 20.8. The van der Waals surface area contributed by atoms with E-state index < -0.39 is 0 Å². The molecule has 0 unspecified atom stereocenters. The van der Waals surface area contributed by atoms with Crippen molar-refractivity contribution in [2.24, 2.45) is 0 Å². The predicted molar refractivity (Wildman–Crippen MR) is 132 cm³/mol. The highest BCUT2D eigenvalue weighted by Crippen LogP contribution is 2.37. The van der Waals surface area contributed by atoms with Crippen LogP contribution in [0.2, 0.25) is 0 Å². The van der Waals surface area contributed by atoms with Crippen LogP contribution in [0.3, 0.4) is 0 Å². The topological polar surface area (TPSA) is 0 Å². The lowest BCUT2D eigenvalue weighted by Gasteiger charge is -2.14. The smallest absolute Gasteiger partial charge is 0.0128 e. The van der Waals surface area contributed by atoms with Crippen molar-refractivity contribution in [1.82, 2.24) is 0 Å². The lowest BCUT2D eigenvalue weighted by Crippen LogP contribution is -1.89. The summed E-state index contributed by atoms with van der Waals surface area (Å²) in [4.78, 5) is 5.11. The Kier molecular flexibility index (Phi) is 6.36.